The van der Waals surface area contributed by atoms with E-state index in [9.17, 15) is 4.79 Å². The lowest BCUT2D eigenvalue weighted by molar-refractivity contribution is 0.0795. The minimum Gasteiger partial charge on any atom is -0.383 e. The number of piperazine rings is 1. The van der Waals surface area contributed by atoms with Crippen LogP contribution in [0.5, 0.6) is 0 Å². The topological polar surface area (TPSA) is 64.3 Å². The van der Waals surface area contributed by atoms with Gasteiger partial charge in [-0.1, -0.05) is 19.3 Å². The Labute approximate surface area is 186 Å². The predicted octanol–water partition coefficient (Wildman–Crippen LogP) is 2.89. The lowest BCUT2D eigenvalue weighted by atomic mass is 9.94. The number of nitrogens with one attached hydrogen (secondary N) is 2. The van der Waals surface area contributed by atoms with E-state index in [1.165, 1.54) is 45.2 Å². The fraction of sp³-hybridized carbons (Fsp3) is 0.789. The van der Waals surface area contributed by atoms with E-state index in [1.807, 2.05) is 0 Å². The molecule has 0 spiro atoms. The molecular weight excluding hydrogens is 421 g/mol. The Morgan fingerprint density at radius 1 is 0.964 bits per heavy atom. The van der Waals surface area contributed by atoms with Crippen molar-refractivity contribution in [2.75, 3.05) is 44.6 Å². The molecule has 0 amide bonds. The van der Waals surface area contributed by atoms with Crippen molar-refractivity contribution in [3.05, 3.63) is 21.6 Å². The van der Waals surface area contributed by atoms with E-state index in [1.54, 1.807) is 0 Å². The van der Waals surface area contributed by atoms with E-state index >= 15 is 0 Å². The number of aromatic amines is 1. The zero-order chi connectivity index (χ0) is 17.1. The molecule has 0 bridgehead atoms. The van der Waals surface area contributed by atoms with Crippen LogP contribution in [0.15, 0.2) is 4.79 Å². The van der Waals surface area contributed by atoms with Gasteiger partial charge in [-0.05, 0) is 25.7 Å². The number of nitrogens with zero attached hydrogens (tertiary/aromatic N) is 3. The van der Waals surface area contributed by atoms with Gasteiger partial charge in [-0.3, -0.25) is 9.69 Å². The first-order valence-corrected chi connectivity index (χ1v) is 10.1. The van der Waals surface area contributed by atoms with E-state index in [0.717, 1.165) is 68.4 Å². The lowest BCUT2D eigenvalue weighted by Crippen LogP contribution is -2.51. The van der Waals surface area contributed by atoms with Gasteiger partial charge in [0.05, 0.1) is 11.4 Å². The highest BCUT2D eigenvalue weighted by molar-refractivity contribution is 5.86. The van der Waals surface area contributed by atoms with Crippen molar-refractivity contribution in [1.82, 2.24) is 20.0 Å². The van der Waals surface area contributed by atoms with Gasteiger partial charge in [0.1, 0.15) is 0 Å². The smallest absolute Gasteiger partial charge is 0.269 e. The number of halogens is 3. The summed E-state index contributed by atoms with van der Waals surface area (Å²) in [5, 5.41) is 10.4. The SMILES string of the molecule is Cl.Cl.Cl.O=c1[nH]nc(CCN2CCN(C3CCCCC3)CC2)c2c1CCCN2. The first-order chi connectivity index (χ1) is 12.3. The lowest BCUT2D eigenvalue weighted by Gasteiger charge is -2.40. The molecule has 0 aromatic carbocycles. The van der Waals surface area contributed by atoms with E-state index in [4.69, 9.17) is 0 Å². The summed E-state index contributed by atoms with van der Waals surface area (Å²) in [4.78, 5) is 17.2. The quantitative estimate of drug-likeness (QED) is 0.732. The van der Waals surface area contributed by atoms with Gasteiger partial charge < -0.3 is 10.2 Å². The third-order valence-electron chi connectivity index (χ3n) is 6.22. The first-order valence-electron chi connectivity index (χ1n) is 10.1. The molecule has 1 saturated heterocycles. The zero-order valence-electron chi connectivity index (χ0n) is 16.5. The minimum atomic E-state index is -0.0213. The summed E-state index contributed by atoms with van der Waals surface area (Å²) in [6.07, 6.45) is 9.88. The largest absolute Gasteiger partial charge is 0.383 e. The Kier molecular flexibility index (Phi) is 11.1. The third kappa shape index (κ3) is 5.99. The molecule has 6 nitrogen and oxygen atoms in total. The van der Waals surface area contributed by atoms with Gasteiger partial charge in [0.15, 0.2) is 0 Å². The van der Waals surface area contributed by atoms with Crippen molar-refractivity contribution in [2.24, 2.45) is 0 Å². The van der Waals surface area contributed by atoms with Crippen LogP contribution in [0.25, 0.3) is 0 Å². The highest BCUT2D eigenvalue weighted by Gasteiger charge is 2.25. The second kappa shape index (κ2) is 12.2. The summed E-state index contributed by atoms with van der Waals surface area (Å²) in [7, 11) is 0. The van der Waals surface area contributed by atoms with Crippen LogP contribution >= 0.6 is 37.2 Å². The van der Waals surface area contributed by atoms with Gasteiger partial charge >= 0.3 is 0 Å². The van der Waals surface area contributed by atoms with Crippen LogP contribution in [0, 0.1) is 0 Å². The number of H-pyrrole nitrogens is 1. The van der Waals surface area contributed by atoms with E-state index in [-0.39, 0.29) is 42.8 Å². The maximum atomic E-state index is 11.9. The summed E-state index contributed by atoms with van der Waals surface area (Å²) >= 11 is 0. The Morgan fingerprint density at radius 3 is 2.39 bits per heavy atom. The summed E-state index contributed by atoms with van der Waals surface area (Å²) in [5.41, 5.74) is 2.92. The molecule has 1 aromatic heterocycles. The summed E-state index contributed by atoms with van der Waals surface area (Å²) in [6, 6.07) is 0.841. The van der Waals surface area contributed by atoms with Crippen LogP contribution < -0.4 is 10.9 Å². The van der Waals surface area contributed by atoms with Crippen LogP contribution in [0.2, 0.25) is 0 Å². The van der Waals surface area contributed by atoms with Crippen molar-refractivity contribution in [3.8, 4) is 0 Å². The van der Waals surface area contributed by atoms with Crippen molar-refractivity contribution in [1.29, 1.82) is 0 Å². The van der Waals surface area contributed by atoms with Crippen LogP contribution in [0.4, 0.5) is 5.69 Å². The van der Waals surface area contributed by atoms with Gasteiger partial charge in [-0.2, -0.15) is 5.10 Å². The molecular formula is C19H34Cl3N5O. The standard InChI is InChI=1S/C19H31N5O.3ClH/c25-19-16-7-4-9-20-18(16)17(21-22-19)8-10-23-11-13-24(14-12-23)15-5-2-1-3-6-15;;;/h15,20H,1-14H2,(H,22,25);3*1H. The highest BCUT2D eigenvalue weighted by atomic mass is 35.5. The molecule has 0 unspecified atom stereocenters. The Balaban J connectivity index is 0.00000131. The number of anilines is 1. The van der Waals surface area contributed by atoms with Crippen molar-refractivity contribution in [3.63, 3.8) is 0 Å². The fourth-order valence-corrected chi connectivity index (χ4v) is 4.70. The predicted molar refractivity (Wildman–Crippen MR) is 122 cm³/mol. The molecule has 1 saturated carbocycles. The normalized spacial score (nSPS) is 20.7. The first kappa shape index (κ1) is 25.5. The van der Waals surface area contributed by atoms with E-state index in [2.05, 4.69) is 25.3 Å². The van der Waals surface area contributed by atoms with Gasteiger partial charge in [-0.15, -0.1) is 37.2 Å². The van der Waals surface area contributed by atoms with E-state index < -0.39 is 0 Å². The van der Waals surface area contributed by atoms with Gasteiger partial charge in [0.25, 0.3) is 5.56 Å². The monoisotopic (exact) mass is 453 g/mol. The van der Waals surface area contributed by atoms with Crippen LogP contribution in [0.1, 0.15) is 49.8 Å². The van der Waals surface area contributed by atoms with Crippen molar-refractivity contribution in [2.45, 2.75) is 57.4 Å². The zero-order valence-corrected chi connectivity index (χ0v) is 18.9. The second-order valence-electron chi connectivity index (χ2n) is 7.80. The number of hydrogen-bond donors (Lipinski definition) is 2. The molecule has 0 atom stereocenters. The number of hydrogen-bond acceptors (Lipinski definition) is 5. The van der Waals surface area contributed by atoms with Crippen molar-refractivity contribution < 1.29 is 0 Å². The Hall–Kier alpha value is -0.530. The maximum Gasteiger partial charge on any atom is 0.269 e. The minimum absolute atomic E-state index is 0. The van der Waals surface area contributed by atoms with E-state index in [0.29, 0.717) is 0 Å². The van der Waals surface area contributed by atoms with Crippen LogP contribution in [-0.2, 0) is 12.8 Å². The number of rotatable bonds is 4. The Morgan fingerprint density at radius 2 is 1.68 bits per heavy atom. The Bertz CT molecular complexity index is 643. The molecule has 2 fully saturated rings. The van der Waals surface area contributed by atoms with Gasteiger partial charge in [0, 0.05) is 57.3 Å². The molecule has 2 aliphatic heterocycles. The van der Waals surface area contributed by atoms with Crippen LogP contribution in [0.3, 0.4) is 0 Å². The summed E-state index contributed by atoms with van der Waals surface area (Å²) in [5.74, 6) is 0. The molecule has 28 heavy (non-hydrogen) atoms. The summed E-state index contributed by atoms with van der Waals surface area (Å²) in [6.45, 7) is 6.72. The maximum absolute atomic E-state index is 11.9. The summed E-state index contributed by atoms with van der Waals surface area (Å²) < 4.78 is 0. The molecule has 3 heterocycles. The van der Waals surface area contributed by atoms with Crippen molar-refractivity contribution >= 4 is 42.9 Å². The van der Waals surface area contributed by atoms with Crippen LogP contribution in [-0.4, -0.2) is 65.3 Å². The molecule has 162 valence electrons. The molecule has 1 aromatic rings. The average molecular weight is 455 g/mol. The van der Waals surface area contributed by atoms with Gasteiger partial charge in [0.2, 0.25) is 0 Å². The molecule has 1 aliphatic carbocycles. The number of fused-ring (bicyclic) bond motifs is 1. The molecule has 4 rings (SSSR count). The third-order valence-corrected chi connectivity index (χ3v) is 6.22. The van der Waals surface area contributed by atoms with Gasteiger partial charge in [-0.25, -0.2) is 5.10 Å². The fourth-order valence-electron chi connectivity index (χ4n) is 4.70. The molecule has 0 radical (unpaired) electrons. The molecule has 9 heteroatoms. The average Bonchev–Trinajstić information content (AvgIpc) is 2.69. The highest BCUT2D eigenvalue weighted by Crippen LogP contribution is 2.24. The second-order valence-corrected chi connectivity index (χ2v) is 7.80. The molecule has 2 N–H and O–H groups in total. The molecule has 3 aliphatic rings. The number of aromatic nitrogens is 2.